The molecule has 2 fully saturated rings. The highest BCUT2D eigenvalue weighted by atomic mass is 32.2. The van der Waals surface area contributed by atoms with Crippen molar-refractivity contribution < 1.29 is 9.53 Å². The number of ether oxygens (including phenoxy) is 1. The highest BCUT2D eigenvalue weighted by molar-refractivity contribution is 8.26. The highest BCUT2D eigenvalue weighted by Gasteiger charge is 2.33. The summed E-state index contributed by atoms with van der Waals surface area (Å²) < 4.78 is 7.27. The van der Waals surface area contributed by atoms with Gasteiger partial charge in [-0.1, -0.05) is 36.1 Å². The number of pyridine rings is 1. The molecule has 0 N–H and O–H groups in total. The molecule has 2 aliphatic heterocycles. The third kappa shape index (κ3) is 5.00. The lowest BCUT2D eigenvalue weighted by Crippen LogP contribution is -2.36. The molecule has 2 aromatic rings. The first-order chi connectivity index (χ1) is 16.8. The summed E-state index contributed by atoms with van der Waals surface area (Å²) in [5, 5.41) is 9.65. The summed E-state index contributed by atoms with van der Waals surface area (Å²) >= 11 is 6.81. The van der Waals surface area contributed by atoms with Crippen LogP contribution in [-0.4, -0.2) is 46.4 Å². The summed E-state index contributed by atoms with van der Waals surface area (Å²) in [5.74, 6) is 1.40. The SMILES string of the molecule is COc1ccc(CCN2C(=O)/C(=C/c3c(C)c(C#N)c(=O)n(C)c3N3CCCCC3)SC2=S)cc1. The standard InChI is InChI=1S/C26H28N4O3S2/c1-17-20(23(29-12-5-4-6-13-29)28(2)24(31)21(17)16-27)15-22-25(32)30(26(34)35-22)14-11-18-7-9-19(33-3)10-8-18/h7-10,15H,4-6,11-14H2,1-3H3/b22-15-. The van der Waals surface area contributed by atoms with Gasteiger partial charge in [0.1, 0.15) is 27.5 Å². The van der Waals surface area contributed by atoms with E-state index in [1.54, 1.807) is 30.5 Å². The van der Waals surface area contributed by atoms with Crippen molar-refractivity contribution in [1.29, 1.82) is 5.26 Å². The Morgan fingerprint density at radius 3 is 2.49 bits per heavy atom. The molecule has 9 heteroatoms. The Morgan fingerprint density at radius 1 is 1.17 bits per heavy atom. The van der Waals surface area contributed by atoms with Gasteiger partial charge in [-0.05, 0) is 61.9 Å². The maximum Gasteiger partial charge on any atom is 0.270 e. The van der Waals surface area contributed by atoms with E-state index in [2.05, 4.69) is 11.0 Å². The molecule has 35 heavy (non-hydrogen) atoms. The van der Waals surface area contributed by atoms with E-state index in [1.807, 2.05) is 30.3 Å². The molecule has 7 nitrogen and oxygen atoms in total. The van der Waals surface area contributed by atoms with Gasteiger partial charge in [0, 0.05) is 32.2 Å². The van der Waals surface area contributed by atoms with Gasteiger partial charge in [0.25, 0.3) is 11.5 Å². The van der Waals surface area contributed by atoms with E-state index >= 15 is 0 Å². The molecule has 0 spiro atoms. The van der Waals surface area contributed by atoms with Crippen LogP contribution in [-0.2, 0) is 18.3 Å². The van der Waals surface area contributed by atoms with Crippen molar-refractivity contribution in [3.05, 3.63) is 61.8 Å². The molecule has 1 aromatic carbocycles. The number of benzene rings is 1. The molecule has 1 amide bonds. The fourth-order valence-electron chi connectivity index (χ4n) is 4.56. The minimum absolute atomic E-state index is 0.106. The van der Waals surface area contributed by atoms with E-state index in [1.165, 1.54) is 11.8 Å². The number of hydrogen-bond donors (Lipinski definition) is 0. The van der Waals surface area contributed by atoms with Crippen molar-refractivity contribution in [2.45, 2.75) is 32.6 Å². The topological polar surface area (TPSA) is 78.6 Å². The number of carbonyl (C=O) groups excluding carboxylic acids is 1. The fourth-order valence-corrected chi connectivity index (χ4v) is 5.85. The lowest BCUT2D eigenvalue weighted by Gasteiger charge is -2.32. The number of thioether (sulfide) groups is 1. The minimum Gasteiger partial charge on any atom is -0.497 e. The van der Waals surface area contributed by atoms with Crippen molar-refractivity contribution in [2.75, 3.05) is 31.6 Å². The van der Waals surface area contributed by atoms with Crippen LogP contribution in [0.1, 0.15) is 41.5 Å². The monoisotopic (exact) mass is 508 g/mol. The number of thiocarbonyl (C=S) groups is 1. The zero-order valence-electron chi connectivity index (χ0n) is 20.2. The van der Waals surface area contributed by atoms with Crippen LogP contribution in [0.4, 0.5) is 5.82 Å². The Balaban J connectivity index is 1.66. The van der Waals surface area contributed by atoms with Gasteiger partial charge in [0.05, 0.1) is 12.0 Å². The number of methoxy groups -OCH3 is 1. The molecule has 2 aliphatic rings. The molecule has 0 atom stereocenters. The third-order valence-corrected chi connectivity index (χ3v) is 7.93. The highest BCUT2D eigenvalue weighted by Crippen LogP contribution is 2.36. The van der Waals surface area contributed by atoms with E-state index in [0.717, 1.165) is 55.0 Å². The van der Waals surface area contributed by atoms with Crippen LogP contribution in [0.2, 0.25) is 0 Å². The summed E-state index contributed by atoms with van der Waals surface area (Å²) in [6.45, 7) is 3.93. The fraction of sp³-hybridized carbons (Fsp3) is 0.385. The van der Waals surface area contributed by atoms with E-state index in [9.17, 15) is 14.9 Å². The van der Waals surface area contributed by atoms with Gasteiger partial charge in [0.2, 0.25) is 0 Å². The van der Waals surface area contributed by atoms with E-state index in [0.29, 0.717) is 27.8 Å². The number of hydrogen-bond acceptors (Lipinski definition) is 7. The zero-order valence-corrected chi connectivity index (χ0v) is 21.8. The van der Waals surface area contributed by atoms with Crippen LogP contribution < -0.4 is 15.2 Å². The van der Waals surface area contributed by atoms with Gasteiger partial charge < -0.3 is 9.64 Å². The van der Waals surface area contributed by atoms with Crippen molar-refractivity contribution in [1.82, 2.24) is 9.47 Å². The molecule has 182 valence electrons. The summed E-state index contributed by atoms with van der Waals surface area (Å²) in [7, 11) is 3.33. The first-order valence-electron chi connectivity index (χ1n) is 11.6. The predicted octanol–water partition coefficient (Wildman–Crippen LogP) is 4.01. The molecule has 3 heterocycles. The maximum atomic E-state index is 13.3. The Bertz CT molecular complexity index is 1290. The number of piperidine rings is 1. The Morgan fingerprint density at radius 2 is 1.86 bits per heavy atom. The Kier molecular flexibility index (Phi) is 7.63. The van der Waals surface area contributed by atoms with Crippen molar-refractivity contribution >= 4 is 46.1 Å². The quantitative estimate of drug-likeness (QED) is 0.431. The van der Waals surface area contributed by atoms with Crippen LogP contribution in [0, 0.1) is 18.3 Å². The number of nitrogens with zero attached hydrogens (tertiary/aromatic N) is 4. The van der Waals surface area contributed by atoms with Crippen LogP contribution in [0.5, 0.6) is 5.75 Å². The molecular formula is C26H28N4O3S2. The predicted molar refractivity (Wildman–Crippen MR) is 144 cm³/mol. The van der Waals surface area contributed by atoms with Crippen molar-refractivity contribution in [3.63, 3.8) is 0 Å². The summed E-state index contributed by atoms with van der Waals surface area (Å²) in [6, 6.07) is 9.82. The molecule has 1 aromatic heterocycles. The average Bonchev–Trinajstić information content (AvgIpc) is 3.14. The summed E-state index contributed by atoms with van der Waals surface area (Å²) in [5.41, 5.74) is 2.22. The summed E-state index contributed by atoms with van der Waals surface area (Å²) in [4.78, 5) is 30.5. The molecule has 4 rings (SSSR count). The molecular weight excluding hydrogens is 480 g/mol. The second-order valence-electron chi connectivity index (χ2n) is 8.69. The Hall–Kier alpha value is -3.09. The maximum absolute atomic E-state index is 13.3. The number of aromatic nitrogens is 1. The molecule has 0 unspecified atom stereocenters. The lowest BCUT2D eigenvalue weighted by molar-refractivity contribution is -0.122. The van der Waals surface area contributed by atoms with Crippen LogP contribution in [0.15, 0.2) is 34.0 Å². The summed E-state index contributed by atoms with van der Waals surface area (Å²) in [6.07, 6.45) is 5.72. The smallest absolute Gasteiger partial charge is 0.270 e. The van der Waals surface area contributed by atoms with E-state index in [-0.39, 0.29) is 17.0 Å². The lowest BCUT2D eigenvalue weighted by atomic mass is 10.0. The molecule has 2 saturated heterocycles. The molecule has 0 bridgehead atoms. The molecule has 0 aliphatic carbocycles. The molecule has 0 radical (unpaired) electrons. The van der Waals surface area contributed by atoms with Gasteiger partial charge in [-0.15, -0.1) is 0 Å². The number of amides is 1. The first-order valence-corrected chi connectivity index (χ1v) is 12.8. The second-order valence-corrected chi connectivity index (χ2v) is 10.4. The first kappa shape index (κ1) is 25.0. The number of anilines is 1. The number of rotatable bonds is 6. The third-order valence-electron chi connectivity index (χ3n) is 6.56. The average molecular weight is 509 g/mol. The largest absolute Gasteiger partial charge is 0.497 e. The van der Waals surface area contributed by atoms with Crippen molar-refractivity contribution in [3.8, 4) is 11.8 Å². The number of carbonyl (C=O) groups is 1. The van der Waals surface area contributed by atoms with Gasteiger partial charge >= 0.3 is 0 Å². The van der Waals surface area contributed by atoms with Crippen LogP contribution >= 0.6 is 24.0 Å². The van der Waals surface area contributed by atoms with Crippen molar-refractivity contribution in [2.24, 2.45) is 7.05 Å². The van der Waals surface area contributed by atoms with E-state index in [4.69, 9.17) is 17.0 Å². The van der Waals surface area contributed by atoms with Gasteiger partial charge in [0.15, 0.2) is 0 Å². The van der Waals surface area contributed by atoms with Crippen LogP contribution in [0.3, 0.4) is 0 Å². The van der Waals surface area contributed by atoms with Crippen LogP contribution in [0.25, 0.3) is 6.08 Å². The normalized spacial score (nSPS) is 17.3. The minimum atomic E-state index is -0.310. The van der Waals surface area contributed by atoms with Gasteiger partial charge in [-0.3, -0.25) is 19.1 Å². The zero-order chi connectivity index (χ0) is 25.1. The Labute approximate surface area is 215 Å². The second kappa shape index (κ2) is 10.7. The van der Waals surface area contributed by atoms with Gasteiger partial charge in [-0.2, -0.15) is 5.26 Å². The molecule has 0 saturated carbocycles. The van der Waals surface area contributed by atoms with E-state index < -0.39 is 0 Å². The van der Waals surface area contributed by atoms with Gasteiger partial charge in [-0.25, -0.2) is 0 Å². The number of nitriles is 1.